The van der Waals surface area contributed by atoms with Crippen LogP contribution in [-0.4, -0.2) is 68.5 Å². The van der Waals surface area contributed by atoms with Crippen LogP contribution in [0.1, 0.15) is 30.0 Å². The standard InChI is InChI=1S/C24H30N6OS/c32-24-29(18-22-12-7-17-31-22)25-26-30(24)19-27-13-15-28(16-14-27)23(20-8-3-1-4-9-20)21-10-5-2-6-11-21/h1-6,8-11,22-23H,7,12-19H2. The number of piperazine rings is 1. The van der Waals surface area contributed by atoms with E-state index in [9.17, 15) is 0 Å². The third kappa shape index (κ3) is 4.83. The first-order valence-electron chi connectivity index (χ1n) is 11.5. The second kappa shape index (κ2) is 10.0. The summed E-state index contributed by atoms with van der Waals surface area (Å²) in [7, 11) is 0. The minimum atomic E-state index is 0.211. The van der Waals surface area contributed by atoms with Crippen LogP contribution in [0.25, 0.3) is 0 Å². The van der Waals surface area contributed by atoms with Crippen molar-refractivity contribution in [2.24, 2.45) is 0 Å². The fourth-order valence-electron chi connectivity index (χ4n) is 4.73. The van der Waals surface area contributed by atoms with E-state index in [2.05, 4.69) is 80.9 Å². The number of tetrazole rings is 1. The summed E-state index contributed by atoms with van der Waals surface area (Å²) >= 11 is 5.63. The first kappa shape index (κ1) is 21.5. The van der Waals surface area contributed by atoms with Crippen LogP contribution in [0.3, 0.4) is 0 Å². The molecule has 0 radical (unpaired) electrons. The molecular weight excluding hydrogens is 420 g/mol. The van der Waals surface area contributed by atoms with Crippen LogP contribution < -0.4 is 0 Å². The zero-order valence-corrected chi connectivity index (χ0v) is 19.1. The van der Waals surface area contributed by atoms with Gasteiger partial charge in [-0.1, -0.05) is 60.7 Å². The minimum absolute atomic E-state index is 0.211. The molecule has 2 aromatic carbocycles. The summed E-state index contributed by atoms with van der Waals surface area (Å²) in [6.45, 7) is 6.13. The van der Waals surface area contributed by atoms with E-state index in [4.69, 9.17) is 17.0 Å². The Morgan fingerprint density at radius 2 is 1.50 bits per heavy atom. The smallest absolute Gasteiger partial charge is 0.217 e. The molecule has 0 spiro atoms. The van der Waals surface area contributed by atoms with E-state index in [1.807, 2.05) is 9.36 Å². The molecule has 32 heavy (non-hydrogen) atoms. The van der Waals surface area contributed by atoms with Gasteiger partial charge in [-0.25, -0.2) is 9.36 Å². The number of hydrogen-bond donors (Lipinski definition) is 0. The largest absolute Gasteiger partial charge is 0.376 e. The van der Waals surface area contributed by atoms with Crippen LogP contribution in [0.2, 0.25) is 0 Å². The summed E-state index contributed by atoms with van der Waals surface area (Å²) in [6.07, 6.45) is 2.40. The van der Waals surface area contributed by atoms with Crippen LogP contribution in [0, 0.1) is 4.77 Å². The summed E-state index contributed by atoms with van der Waals surface area (Å²) in [5.74, 6) is 0. The Balaban J connectivity index is 1.23. The Morgan fingerprint density at radius 3 is 2.09 bits per heavy atom. The van der Waals surface area contributed by atoms with Gasteiger partial charge >= 0.3 is 0 Å². The van der Waals surface area contributed by atoms with Gasteiger partial charge in [0.1, 0.15) is 0 Å². The second-order valence-electron chi connectivity index (χ2n) is 8.60. The minimum Gasteiger partial charge on any atom is -0.376 e. The number of aromatic nitrogens is 4. The molecule has 3 aromatic rings. The molecule has 5 rings (SSSR count). The van der Waals surface area contributed by atoms with Crippen LogP contribution in [0.15, 0.2) is 60.7 Å². The third-order valence-corrected chi connectivity index (χ3v) is 6.86. The molecule has 2 aliphatic rings. The predicted octanol–water partition coefficient (Wildman–Crippen LogP) is 3.35. The van der Waals surface area contributed by atoms with E-state index >= 15 is 0 Å². The van der Waals surface area contributed by atoms with E-state index in [1.54, 1.807) is 0 Å². The van der Waals surface area contributed by atoms with E-state index in [-0.39, 0.29) is 12.1 Å². The van der Waals surface area contributed by atoms with E-state index in [0.717, 1.165) is 45.6 Å². The summed E-state index contributed by atoms with van der Waals surface area (Å²) in [4.78, 5) is 4.99. The van der Waals surface area contributed by atoms with Crippen molar-refractivity contribution in [1.82, 2.24) is 29.6 Å². The molecule has 2 fully saturated rings. The van der Waals surface area contributed by atoms with Gasteiger partial charge < -0.3 is 4.74 Å². The zero-order valence-electron chi connectivity index (χ0n) is 18.3. The fraction of sp³-hybridized carbons (Fsp3) is 0.458. The van der Waals surface area contributed by atoms with Crippen molar-refractivity contribution in [3.05, 3.63) is 76.6 Å². The Morgan fingerprint density at radius 1 is 0.875 bits per heavy atom. The molecule has 8 heteroatoms. The van der Waals surface area contributed by atoms with E-state index in [0.29, 0.717) is 18.0 Å². The summed E-state index contributed by atoms with van der Waals surface area (Å²) in [6, 6.07) is 21.9. The molecule has 7 nitrogen and oxygen atoms in total. The van der Waals surface area contributed by atoms with Crippen molar-refractivity contribution in [2.45, 2.75) is 38.2 Å². The Kier molecular flexibility index (Phi) is 6.73. The van der Waals surface area contributed by atoms with Crippen molar-refractivity contribution in [3.63, 3.8) is 0 Å². The van der Waals surface area contributed by atoms with Gasteiger partial charge in [0, 0.05) is 32.8 Å². The van der Waals surface area contributed by atoms with Crippen LogP contribution in [0.5, 0.6) is 0 Å². The van der Waals surface area contributed by atoms with Crippen LogP contribution >= 0.6 is 12.2 Å². The lowest BCUT2D eigenvalue weighted by Crippen LogP contribution is -2.48. The molecule has 2 saturated heterocycles. The van der Waals surface area contributed by atoms with Gasteiger partial charge in [-0.2, -0.15) is 0 Å². The lowest BCUT2D eigenvalue weighted by atomic mass is 9.96. The molecule has 1 aromatic heterocycles. The molecule has 1 atom stereocenters. The lowest BCUT2D eigenvalue weighted by Gasteiger charge is -2.39. The maximum atomic E-state index is 5.72. The lowest BCUT2D eigenvalue weighted by molar-refractivity contribution is 0.0834. The van der Waals surface area contributed by atoms with Crippen LogP contribution in [0.4, 0.5) is 0 Å². The van der Waals surface area contributed by atoms with E-state index < -0.39 is 0 Å². The van der Waals surface area contributed by atoms with Gasteiger partial charge in [0.05, 0.1) is 25.4 Å². The zero-order chi connectivity index (χ0) is 21.8. The monoisotopic (exact) mass is 450 g/mol. The average Bonchev–Trinajstić information content (AvgIpc) is 3.48. The molecule has 2 aliphatic heterocycles. The maximum absolute atomic E-state index is 5.72. The first-order valence-corrected chi connectivity index (χ1v) is 11.9. The van der Waals surface area contributed by atoms with Gasteiger partial charge in [0.15, 0.2) is 0 Å². The maximum Gasteiger partial charge on any atom is 0.217 e. The van der Waals surface area contributed by atoms with Gasteiger partial charge in [0.2, 0.25) is 4.77 Å². The highest BCUT2D eigenvalue weighted by Gasteiger charge is 2.27. The molecule has 0 bridgehead atoms. The average molecular weight is 451 g/mol. The topological polar surface area (TPSA) is 51.4 Å². The molecule has 1 unspecified atom stereocenters. The number of benzene rings is 2. The summed E-state index contributed by atoms with van der Waals surface area (Å²) in [5, 5.41) is 8.59. The summed E-state index contributed by atoms with van der Waals surface area (Å²) < 4.78 is 10.0. The summed E-state index contributed by atoms with van der Waals surface area (Å²) in [5.41, 5.74) is 2.68. The highest BCUT2D eigenvalue weighted by Crippen LogP contribution is 2.29. The highest BCUT2D eigenvalue weighted by molar-refractivity contribution is 7.71. The predicted molar refractivity (Wildman–Crippen MR) is 126 cm³/mol. The van der Waals surface area contributed by atoms with Crippen molar-refractivity contribution in [3.8, 4) is 0 Å². The SMILES string of the molecule is S=c1n(CC2CCCO2)nnn1CN1CCN(C(c2ccccc2)c2ccccc2)CC1. The first-order chi connectivity index (χ1) is 15.8. The molecule has 0 saturated carbocycles. The van der Waals surface area contributed by atoms with Crippen molar-refractivity contribution >= 4 is 12.2 Å². The highest BCUT2D eigenvalue weighted by atomic mass is 32.1. The fourth-order valence-corrected chi connectivity index (χ4v) is 4.93. The molecular formula is C24H30N6OS. The molecule has 0 N–H and O–H groups in total. The van der Waals surface area contributed by atoms with Gasteiger partial charge in [-0.05, 0) is 46.6 Å². The Hall–Kier alpha value is -2.39. The van der Waals surface area contributed by atoms with Gasteiger partial charge in [-0.15, -0.1) is 0 Å². The van der Waals surface area contributed by atoms with Gasteiger partial charge in [0.25, 0.3) is 0 Å². The number of hydrogen-bond acceptors (Lipinski definition) is 6. The molecule has 3 heterocycles. The number of rotatable bonds is 7. The van der Waals surface area contributed by atoms with Crippen molar-refractivity contribution in [1.29, 1.82) is 0 Å². The second-order valence-corrected chi connectivity index (χ2v) is 8.96. The Bertz CT molecular complexity index is 1000. The van der Waals surface area contributed by atoms with Crippen molar-refractivity contribution in [2.75, 3.05) is 32.8 Å². The quantitative estimate of drug-likeness (QED) is 0.515. The Labute approximate surface area is 194 Å². The van der Waals surface area contributed by atoms with E-state index in [1.165, 1.54) is 11.1 Å². The van der Waals surface area contributed by atoms with Gasteiger partial charge in [-0.3, -0.25) is 9.80 Å². The molecule has 168 valence electrons. The third-order valence-electron chi connectivity index (χ3n) is 6.43. The van der Waals surface area contributed by atoms with Crippen molar-refractivity contribution < 1.29 is 4.74 Å². The number of ether oxygens (including phenoxy) is 1. The van der Waals surface area contributed by atoms with Crippen LogP contribution in [-0.2, 0) is 18.0 Å². The number of nitrogens with zero attached hydrogens (tertiary/aromatic N) is 6. The normalized spacial score (nSPS) is 20.2. The molecule has 0 amide bonds. The molecule has 0 aliphatic carbocycles.